The van der Waals surface area contributed by atoms with E-state index in [4.69, 9.17) is 14.2 Å². The molecule has 14 heavy (non-hydrogen) atoms. The summed E-state index contributed by atoms with van der Waals surface area (Å²) in [6, 6.07) is 0. The van der Waals surface area contributed by atoms with Gasteiger partial charge in [0.05, 0.1) is 20.3 Å². The first-order valence-electron chi connectivity index (χ1n) is 4.63. The van der Waals surface area contributed by atoms with E-state index in [1.54, 1.807) is 6.08 Å². The van der Waals surface area contributed by atoms with Gasteiger partial charge in [0.15, 0.2) is 12.5 Å². The molecule has 0 spiro atoms. The lowest BCUT2D eigenvalue weighted by atomic mass is 10.0. The zero-order chi connectivity index (χ0) is 9.97. The average molecular weight is 200 g/mol. The summed E-state index contributed by atoms with van der Waals surface area (Å²) in [4.78, 5) is 0. The second-order valence-corrected chi connectivity index (χ2v) is 3.26. The standard InChI is InChI=1S/C10H13FO3/c1-12-9-3-2-7(6-8(9)11)10-13-4-5-14-10/h2-3,8,10H,4-6H2,1H3. The highest BCUT2D eigenvalue weighted by Crippen LogP contribution is 2.27. The number of halogens is 1. The van der Waals surface area contributed by atoms with Crippen LogP contribution >= 0.6 is 0 Å². The summed E-state index contributed by atoms with van der Waals surface area (Å²) in [5.41, 5.74) is 0.843. The van der Waals surface area contributed by atoms with Crippen LogP contribution in [0.2, 0.25) is 0 Å². The van der Waals surface area contributed by atoms with Crippen LogP contribution in [0.4, 0.5) is 4.39 Å². The predicted octanol–water partition coefficient (Wildman–Crippen LogP) is 1.56. The minimum absolute atomic E-state index is 0.296. The van der Waals surface area contributed by atoms with Crippen molar-refractivity contribution < 1.29 is 18.6 Å². The fourth-order valence-corrected chi connectivity index (χ4v) is 1.61. The fourth-order valence-electron chi connectivity index (χ4n) is 1.61. The summed E-state index contributed by atoms with van der Waals surface area (Å²) in [6.45, 7) is 1.17. The first kappa shape index (κ1) is 9.68. The summed E-state index contributed by atoms with van der Waals surface area (Å²) >= 11 is 0. The molecule has 4 heteroatoms. The second-order valence-electron chi connectivity index (χ2n) is 3.26. The highest BCUT2D eigenvalue weighted by molar-refractivity contribution is 5.26. The molecule has 2 rings (SSSR count). The number of methoxy groups -OCH3 is 1. The topological polar surface area (TPSA) is 27.7 Å². The maximum Gasteiger partial charge on any atom is 0.180 e. The van der Waals surface area contributed by atoms with Crippen molar-refractivity contribution in [1.82, 2.24) is 0 Å². The molecule has 0 N–H and O–H groups in total. The third kappa shape index (κ3) is 1.81. The van der Waals surface area contributed by atoms with E-state index in [-0.39, 0.29) is 6.29 Å². The average Bonchev–Trinajstić information content (AvgIpc) is 2.70. The molecule has 0 aromatic rings. The lowest BCUT2D eigenvalue weighted by Crippen LogP contribution is -2.19. The number of hydrogen-bond acceptors (Lipinski definition) is 3. The maximum absolute atomic E-state index is 13.4. The van der Waals surface area contributed by atoms with Gasteiger partial charge in [-0.3, -0.25) is 0 Å². The van der Waals surface area contributed by atoms with Gasteiger partial charge in [-0.1, -0.05) is 6.08 Å². The van der Waals surface area contributed by atoms with Gasteiger partial charge in [0.25, 0.3) is 0 Å². The van der Waals surface area contributed by atoms with Crippen LogP contribution in [0, 0.1) is 0 Å². The predicted molar refractivity (Wildman–Crippen MR) is 48.4 cm³/mol. The van der Waals surface area contributed by atoms with Crippen LogP contribution in [0.1, 0.15) is 6.42 Å². The van der Waals surface area contributed by atoms with E-state index < -0.39 is 6.17 Å². The highest BCUT2D eigenvalue weighted by atomic mass is 19.1. The van der Waals surface area contributed by atoms with Crippen LogP contribution in [-0.4, -0.2) is 32.8 Å². The SMILES string of the molecule is COC1=CC=C(C2OCCO2)CC1F. The molecule has 2 aliphatic rings. The number of alkyl halides is 1. The summed E-state index contributed by atoms with van der Waals surface area (Å²) in [5.74, 6) is 0.367. The van der Waals surface area contributed by atoms with E-state index in [1.807, 2.05) is 6.08 Å². The number of ether oxygens (including phenoxy) is 3. The molecule has 0 radical (unpaired) electrons. The van der Waals surface area contributed by atoms with Crippen molar-refractivity contribution >= 4 is 0 Å². The summed E-state index contributed by atoms with van der Waals surface area (Å²) in [6.07, 6.45) is 2.31. The van der Waals surface area contributed by atoms with Crippen LogP contribution in [0.25, 0.3) is 0 Å². The number of allylic oxidation sites excluding steroid dienone is 3. The molecule has 1 aliphatic heterocycles. The highest BCUT2D eigenvalue weighted by Gasteiger charge is 2.27. The molecule has 3 nitrogen and oxygen atoms in total. The van der Waals surface area contributed by atoms with Crippen molar-refractivity contribution in [3.63, 3.8) is 0 Å². The summed E-state index contributed by atoms with van der Waals surface area (Å²) in [7, 11) is 1.47. The molecule has 1 atom stereocenters. The van der Waals surface area contributed by atoms with Crippen LogP contribution in [0.3, 0.4) is 0 Å². The van der Waals surface area contributed by atoms with E-state index >= 15 is 0 Å². The maximum atomic E-state index is 13.4. The molecule has 1 saturated heterocycles. The van der Waals surface area contributed by atoms with E-state index in [0.717, 1.165) is 5.57 Å². The molecule has 1 unspecified atom stereocenters. The molecular weight excluding hydrogens is 187 g/mol. The molecule has 1 fully saturated rings. The Bertz CT molecular complexity index is 267. The van der Waals surface area contributed by atoms with E-state index in [1.165, 1.54) is 7.11 Å². The van der Waals surface area contributed by atoms with Gasteiger partial charge in [-0.2, -0.15) is 0 Å². The Morgan fingerprint density at radius 1 is 1.36 bits per heavy atom. The Hall–Kier alpha value is -0.870. The van der Waals surface area contributed by atoms with Gasteiger partial charge in [-0.15, -0.1) is 0 Å². The third-order valence-electron chi connectivity index (χ3n) is 2.35. The van der Waals surface area contributed by atoms with Crippen molar-refractivity contribution in [3.05, 3.63) is 23.5 Å². The number of hydrogen-bond donors (Lipinski definition) is 0. The zero-order valence-corrected chi connectivity index (χ0v) is 8.03. The third-order valence-corrected chi connectivity index (χ3v) is 2.35. The quantitative estimate of drug-likeness (QED) is 0.677. The Morgan fingerprint density at radius 2 is 2.07 bits per heavy atom. The van der Waals surface area contributed by atoms with E-state index in [2.05, 4.69) is 0 Å². The van der Waals surface area contributed by atoms with Gasteiger partial charge in [0, 0.05) is 6.42 Å². The summed E-state index contributed by atoms with van der Waals surface area (Å²) < 4.78 is 28.8. The van der Waals surface area contributed by atoms with Crippen molar-refractivity contribution in [2.45, 2.75) is 18.9 Å². The van der Waals surface area contributed by atoms with Gasteiger partial charge in [-0.25, -0.2) is 4.39 Å². The molecule has 0 aromatic heterocycles. The van der Waals surface area contributed by atoms with Crippen LogP contribution in [0.15, 0.2) is 23.5 Å². The molecule has 0 bridgehead atoms. The van der Waals surface area contributed by atoms with Crippen molar-refractivity contribution in [1.29, 1.82) is 0 Å². The normalized spacial score (nSPS) is 28.6. The molecule has 0 aromatic carbocycles. The minimum Gasteiger partial charge on any atom is -0.498 e. The van der Waals surface area contributed by atoms with Gasteiger partial charge < -0.3 is 14.2 Å². The van der Waals surface area contributed by atoms with Gasteiger partial charge in [0.2, 0.25) is 0 Å². The lowest BCUT2D eigenvalue weighted by molar-refractivity contribution is -0.0161. The number of rotatable bonds is 2. The van der Waals surface area contributed by atoms with Crippen LogP contribution in [0.5, 0.6) is 0 Å². The van der Waals surface area contributed by atoms with E-state index in [0.29, 0.717) is 25.4 Å². The Kier molecular flexibility index (Phi) is 2.84. The molecule has 1 aliphatic carbocycles. The summed E-state index contributed by atoms with van der Waals surface area (Å²) in [5, 5.41) is 0. The van der Waals surface area contributed by atoms with Gasteiger partial charge in [-0.05, 0) is 11.6 Å². The second kappa shape index (κ2) is 4.11. The smallest absolute Gasteiger partial charge is 0.180 e. The minimum atomic E-state index is -1.08. The van der Waals surface area contributed by atoms with E-state index in [9.17, 15) is 4.39 Å². The van der Waals surface area contributed by atoms with Crippen molar-refractivity contribution in [2.75, 3.05) is 20.3 Å². The molecule has 0 saturated carbocycles. The van der Waals surface area contributed by atoms with Crippen molar-refractivity contribution in [3.8, 4) is 0 Å². The fraction of sp³-hybridized carbons (Fsp3) is 0.600. The Morgan fingerprint density at radius 3 is 2.64 bits per heavy atom. The van der Waals surface area contributed by atoms with Gasteiger partial charge >= 0.3 is 0 Å². The molecule has 0 amide bonds. The van der Waals surface area contributed by atoms with Crippen molar-refractivity contribution in [2.24, 2.45) is 0 Å². The molecular formula is C10H13FO3. The zero-order valence-electron chi connectivity index (χ0n) is 8.03. The Labute approximate surface area is 82.1 Å². The van der Waals surface area contributed by atoms with Gasteiger partial charge in [0.1, 0.15) is 5.76 Å². The molecule has 78 valence electrons. The molecule has 1 heterocycles. The largest absolute Gasteiger partial charge is 0.498 e. The van der Waals surface area contributed by atoms with Crippen LogP contribution in [-0.2, 0) is 14.2 Å². The Balaban J connectivity index is 2.07. The first-order valence-corrected chi connectivity index (χ1v) is 4.63. The van der Waals surface area contributed by atoms with Crippen LogP contribution < -0.4 is 0 Å². The lowest BCUT2D eigenvalue weighted by Gasteiger charge is -2.20. The first-order chi connectivity index (χ1) is 6.81. The monoisotopic (exact) mass is 200 g/mol.